The molecule has 1 aliphatic rings. The van der Waals surface area contributed by atoms with E-state index in [9.17, 15) is 5.02 Å². The summed E-state index contributed by atoms with van der Waals surface area (Å²) >= 11 is 0. The minimum atomic E-state index is -0.936. The standard InChI is InChI=1S/C13H20BNO4/c1-9(2)8-19-14(16)11-4-5-12(15-10(11)3)13-17-6-7-18-13/h4-5,9,13,16H,6-8H2,1-3H3. The van der Waals surface area contributed by atoms with Gasteiger partial charge in [-0.3, -0.25) is 4.98 Å². The Labute approximate surface area is 114 Å². The summed E-state index contributed by atoms with van der Waals surface area (Å²) in [7, 11) is -0.936. The molecule has 104 valence electrons. The highest BCUT2D eigenvalue weighted by Gasteiger charge is 2.24. The summed E-state index contributed by atoms with van der Waals surface area (Å²) in [5, 5.41) is 9.98. The second-order valence-corrected chi connectivity index (χ2v) is 5.06. The summed E-state index contributed by atoms with van der Waals surface area (Å²) in [6.45, 7) is 7.61. The van der Waals surface area contributed by atoms with E-state index in [1.165, 1.54) is 0 Å². The molecule has 0 atom stereocenters. The monoisotopic (exact) mass is 265 g/mol. The Kier molecular flexibility index (Phi) is 4.93. The molecule has 0 bridgehead atoms. The summed E-state index contributed by atoms with van der Waals surface area (Å²) in [6.07, 6.45) is -0.388. The maximum atomic E-state index is 9.98. The SMILES string of the molecule is Cc1nc(C2OCCO2)ccc1B(O)OCC(C)C. The molecule has 0 aromatic carbocycles. The van der Waals surface area contributed by atoms with E-state index in [0.717, 1.165) is 11.4 Å². The fourth-order valence-corrected chi connectivity index (χ4v) is 1.89. The Balaban J connectivity index is 2.05. The first-order valence-corrected chi connectivity index (χ1v) is 6.58. The third kappa shape index (κ3) is 3.76. The number of aryl methyl sites for hydroxylation is 1. The van der Waals surface area contributed by atoms with E-state index >= 15 is 0 Å². The van der Waals surface area contributed by atoms with Crippen molar-refractivity contribution in [2.45, 2.75) is 27.1 Å². The molecule has 0 amide bonds. The number of rotatable bonds is 5. The lowest BCUT2D eigenvalue weighted by Gasteiger charge is -2.14. The van der Waals surface area contributed by atoms with Gasteiger partial charge in [0.25, 0.3) is 0 Å². The molecule has 1 saturated heterocycles. The highest BCUT2D eigenvalue weighted by molar-refractivity contribution is 6.60. The summed E-state index contributed by atoms with van der Waals surface area (Å²) in [4.78, 5) is 4.41. The number of hydrogen-bond acceptors (Lipinski definition) is 5. The van der Waals surface area contributed by atoms with Gasteiger partial charge in [-0.25, -0.2) is 0 Å². The van der Waals surface area contributed by atoms with Crippen LogP contribution in [0.2, 0.25) is 0 Å². The molecule has 2 rings (SSSR count). The molecule has 0 unspecified atom stereocenters. The molecule has 5 nitrogen and oxygen atoms in total. The van der Waals surface area contributed by atoms with Crippen molar-refractivity contribution in [1.82, 2.24) is 4.98 Å². The Morgan fingerprint density at radius 3 is 2.68 bits per heavy atom. The molecule has 0 saturated carbocycles. The highest BCUT2D eigenvalue weighted by Crippen LogP contribution is 2.20. The van der Waals surface area contributed by atoms with Crippen molar-refractivity contribution < 1.29 is 19.2 Å². The molecular weight excluding hydrogens is 245 g/mol. The molecule has 1 aromatic rings. The van der Waals surface area contributed by atoms with Gasteiger partial charge in [0.2, 0.25) is 6.29 Å². The summed E-state index contributed by atoms with van der Waals surface area (Å²) in [5.74, 6) is 0.377. The first kappa shape index (κ1) is 14.5. The molecule has 6 heteroatoms. The number of aromatic nitrogens is 1. The second kappa shape index (κ2) is 6.48. The van der Waals surface area contributed by atoms with Crippen LogP contribution in [0.1, 0.15) is 31.5 Å². The zero-order chi connectivity index (χ0) is 13.8. The van der Waals surface area contributed by atoms with Gasteiger partial charge < -0.3 is 19.2 Å². The van der Waals surface area contributed by atoms with Crippen LogP contribution >= 0.6 is 0 Å². The number of hydrogen-bond donors (Lipinski definition) is 1. The van der Waals surface area contributed by atoms with Gasteiger partial charge in [0.15, 0.2) is 0 Å². The highest BCUT2D eigenvalue weighted by atomic mass is 16.7. The van der Waals surface area contributed by atoms with Gasteiger partial charge in [-0.15, -0.1) is 0 Å². The molecule has 19 heavy (non-hydrogen) atoms. The van der Waals surface area contributed by atoms with Crippen LogP contribution in [0.4, 0.5) is 0 Å². The van der Waals surface area contributed by atoms with Crippen molar-refractivity contribution in [3.05, 3.63) is 23.5 Å². The van der Waals surface area contributed by atoms with Crippen molar-refractivity contribution in [2.24, 2.45) is 5.92 Å². The zero-order valence-electron chi connectivity index (χ0n) is 11.6. The van der Waals surface area contributed by atoms with Crippen molar-refractivity contribution in [3.8, 4) is 0 Å². The minimum absolute atomic E-state index is 0.377. The topological polar surface area (TPSA) is 60.8 Å². The Hall–Kier alpha value is -0.945. The lowest BCUT2D eigenvalue weighted by Crippen LogP contribution is -2.37. The zero-order valence-corrected chi connectivity index (χ0v) is 11.6. The summed E-state index contributed by atoms with van der Waals surface area (Å²) in [5.41, 5.74) is 2.14. The molecular formula is C13H20BNO4. The Morgan fingerprint density at radius 1 is 1.42 bits per heavy atom. The maximum absolute atomic E-state index is 9.98. The first-order valence-electron chi connectivity index (χ1n) is 6.58. The van der Waals surface area contributed by atoms with E-state index in [1.807, 2.05) is 26.8 Å². The van der Waals surface area contributed by atoms with Crippen LogP contribution in [0, 0.1) is 12.8 Å². The van der Waals surface area contributed by atoms with Gasteiger partial charge in [0.1, 0.15) is 0 Å². The van der Waals surface area contributed by atoms with E-state index in [1.54, 1.807) is 6.07 Å². The van der Waals surface area contributed by atoms with Crippen LogP contribution in [0.5, 0.6) is 0 Å². The normalized spacial score (nSPS) is 16.3. The van der Waals surface area contributed by atoms with Crippen LogP contribution in [0.25, 0.3) is 0 Å². The average molecular weight is 265 g/mol. The third-order valence-corrected chi connectivity index (χ3v) is 2.86. The smallest absolute Gasteiger partial charge is 0.423 e. The van der Waals surface area contributed by atoms with Crippen molar-refractivity contribution in [3.63, 3.8) is 0 Å². The molecule has 1 N–H and O–H groups in total. The van der Waals surface area contributed by atoms with Crippen LogP contribution in [0.3, 0.4) is 0 Å². The minimum Gasteiger partial charge on any atom is -0.423 e. The molecule has 1 aromatic heterocycles. The van der Waals surface area contributed by atoms with Crippen LogP contribution in [0.15, 0.2) is 12.1 Å². The average Bonchev–Trinajstić information content (AvgIpc) is 2.89. The van der Waals surface area contributed by atoms with Crippen LogP contribution in [-0.4, -0.2) is 36.9 Å². The van der Waals surface area contributed by atoms with Crippen LogP contribution in [-0.2, 0) is 14.1 Å². The van der Waals surface area contributed by atoms with E-state index in [2.05, 4.69) is 4.98 Å². The largest absolute Gasteiger partial charge is 0.493 e. The lowest BCUT2D eigenvalue weighted by atomic mass is 9.78. The summed E-state index contributed by atoms with van der Waals surface area (Å²) < 4.78 is 16.2. The van der Waals surface area contributed by atoms with E-state index in [0.29, 0.717) is 31.2 Å². The van der Waals surface area contributed by atoms with Gasteiger partial charge >= 0.3 is 7.12 Å². The Bertz CT molecular complexity index is 421. The molecule has 0 radical (unpaired) electrons. The molecule has 1 aliphatic heterocycles. The van der Waals surface area contributed by atoms with Crippen molar-refractivity contribution in [1.29, 1.82) is 0 Å². The molecule has 1 fully saturated rings. The predicted octanol–water partition coefficient (Wildman–Crippen LogP) is 0.796. The van der Waals surface area contributed by atoms with Gasteiger partial charge in [-0.05, 0) is 18.9 Å². The van der Waals surface area contributed by atoms with Gasteiger partial charge in [-0.2, -0.15) is 0 Å². The number of nitrogens with zero attached hydrogens (tertiary/aromatic N) is 1. The number of ether oxygens (including phenoxy) is 2. The fourth-order valence-electron chi connectivity index (χ4n) is 1.89. The number of pyridine rings is 1. The quantitative estimate of drug-likeness (QED) is 0.798. The Morgan fingerprint density at radius 2 is 2.11 bits per heavy atom. The lowest BCUT2D eigenvalue weighted by molar-refractivity contribution is -0.0473. The third-order valence-electron chi connectivity index (χ3n) is 2.86. The second-order valence-electron chi connectivity index (χ2n) is 5.06. The van der Waals surface area contributed by atoms with E-state index in [4.69, 9.17) is 14.1 Å². The fraction of sp³-hybridized carbons (Fsp3) is 0.615. The summed E-state index contributed by atoms with van der Waals surface area (Å²) in [6, 6.07) is 3.62. The molecule has 0 spiro atoms. The van der Waals surface area contributed by atoms with Crippen LogP contribution < -0.4 is 5.46 Å². The van der Waals surface area contributed by atoms with E-state index in [-0.39, 0.29) is 6.29 Å². The first-order chi connectivity index (χ1) is 9.08. The van der Waals surface area contributed by atoms with Crippen molar-refractivity contribution >= 4 is 12.6 Å². The van der Waals surface area contributed by atoms with Gasteiger partial charge in [0, 0.05) is 17.8 Å². The van der Waals surface area contributed by atoms with E-state index < -0.39 is 7.12 Å². The van der Waals surface area contributed by atoms with Crippen molar-refractivity contribution in [2.75, 3.05) is 19.8 Å². The predicted molar refractivity (Wildman–Crippen MR) is 72.0 cm³/mol. The molecule has 0 aliphatic carbocycles. The maximum Gasteiger partial charge on any atom is 0.493 e. The molecule has 2 heterocycles. The van der Waals surface area contributed by atoms with Gasteiger partial charge in [0.05, 0.1) is 18.9 Å². The van der Waals surface area contributed by atoms with Gasteiger partial charge in [-0.1, -0.05) is 19.9 Å².